The molecule has 0 amide bonds. The zero-order valence-electron chi connectivity index (χ0n) is 19.4. The second kappa shape index (κ2) is 9.70. The first-order valence-corrected chi connectivity index (χ1v) is 14.1. The van der Waals surface area contributed by atoms with Crippen LogP contribution in [0.3, 0.4) is 0 Å². The summed E-state index contributed by atoms with van der Waals surface area (Å²) < 4.78 is 32.5. The normalized spacial score (nSPS) is 18.5. The van der Waals surface area contributed by atoms with Gasteiger partial charge in [-0.2, -0.15) is 0 Å². The van der Waals surface area contributed by atoms with Crippen molar-refractivity contribution in [3.8, 4) is 11.3 Å². The van der Waals surface area contributed by atoms with Gasteiger partial charge in [0, 0.05) is 63.1 Å². The average molecular weight is 504 g/mol. The molecule has 0 aromatic carbocycles. The van der Waals surface area contributed by atoms with Crippen molar-refractivity contribution in [3.63, 3.8) is 0 Å². The molecule has 0 radical (unpaired) electrons. The molecule has 2 aliphatic rings. The summed E-state index contributed by atoms with van der Waals surface area (Å²) in [5.74, 6) is 0.672. The first-order chi connectivity index (χ1) is 16.4. The van der Waals surface area contributed by atoms with Gasteiger partial charge >= 0.3 is 0 Å². The number of ether oxygens (including phenoxy) is 1. The monoisotopic (exact) mass is 503 g/mol. The highest BCUT2D eigenvalue weighted by atomic mass is 32.2. The van der Waals surface area contributed by atoms with Gasteiger partial charge < -0.3 is 14.5 Å². The zero-order valence-corrected chi connectivity index (χ0v) is 21.0. The quantitative estimate of drug-likeness (QED) is 0.538. The summed E-state index contributed by atoms with van der Waals surface area (Å²) in [6.45, 7) is 7.79. The van der Waals surface area contributed by atoms with Crippen molar-refractivity contribution in [2.45, 2.75) is 6.54 Å². The first kappa shape index (κ1) is 23.4. The van der Waals surface area contributed by atoms with Gasteiger partial charge in [-0.3, -0.25) is 14.6 Å². The fraction of sp³-hybridized carbons (Fsp3) is 0.500. The lowest BCUT2D eigenvalue weighted by molar-refractivity contribution is 0.122. The Bertz CT molecular complexity index is 1270. The van der Waals surface area contributed by atoms with Crippen LogP contribution in [0.2, 0.25) is 0 Å². The van der Waals surface area contributed by atoms with Gasteiger partial charge in [-0.1, -0.05) is 0 Å². The van der Waals surface area contributed by atoms with Crippen LogP contribution in [0.4, 0.5) is 11.6 Å². The van der Waals surface area contributed by atoms with E-state index in [0.29, 0.717) is 24.8 Å². The van der Waals surface area contributed by atoms with Crippen molar-refractivity contribution in [1.82, 2.24) is 24.8 Å². The van der Waals surface area contributed by atoms with E-state index in [-0.39, 0.29) is 0 Å². The van der Waals surface area contributed by atoms with Crippen LogP contribution < -0.4 is 9.62 Å². The second-order valence-electron chi connectivity index (χ2n) is 8.83. The van der Waals surface area contributed by atoms with Gasteiger partial charge in [0.05, 0.1) is 47.3 Å². The second-order valence-corrected chi connectivity index (χ2v) is 11.5. The molecule has 0 spiro atoms. The van der Waals surface area contributed by atoms with Gasteiger partial charge in [0.2, 0.25) is 16.0 Å². The lowest BCUT2D eigenvalue weighted by Crippen LogP contribution is -2.43. The van der Waals surface area contributed by atoms with Crippen LogP contribution >= 0.6 is 11.3 Å². The Hall–Kier alpha value is -2.38. The summed E-state index contributed by atoms with van der Waals surface area (Å²) >= 11 is 1.63. The summed E-state index contributed by atoms with van der Waals surface area (Å²) in [6, 6.07) is 1.78. The van der Waals surface area contributed by atoms with E-state index in [4.69, 9.17) is 14.7 Å². The summed E-state index contributed by atoms with van der Waals surface area (Å²) in [7, 11) is -1.25. The minimum atomic E-state index is -3.41. The molecule has 10 nitrogen and oxygen atoms in total. The SMILES string of the molecule is CN1CCN(Cc2csc3c(-c4cncc(NS(C)(=O)=O)c4)nc(N4CCOCC4)nc23)CC1. The average Bonchev–Trinajstić information content (AvgIpc) is 3.22. The number of fused-ring (bicyclic) bond motifs is 1. The van der Waals surface area contributed by atoms with Crippen molar-refractivity contribution in [3.05, 3.63) is 29.4 Å². The van der Waals surface area contributed by atoms with Crippen molar-refractivity contribution >= 4 is 43.2 Å². The topological polar surface area (TPSA) is 104 Å². The van der Waals surface area contributed by atoms with Crippen LogP contribution in [-0.4, -0.2) is 99.0 Å². The summed E-state index contributed by atoms with van der Waals surface area (Å²) in [4.78, 5) is 21.2. The Kier molecular flexibility index (Phi) is 6.67. The smallest absolute Gasteiger partial charge is 0.229 e. The standard InChI is InChI=1S/C22H29N7O3S2/c1-27-3-5-28(6-4-27)14-17-15-33-21-19(16-11-18(13-23-12-16)26-34(2,30)31)24-22(25-20(17)21)29-7-9-32-10-8-29/h11-13,15,26H,3-10,14H2,1-2H3. The maximum Gasteiger partial charge on any atom is 0.229 e. The number of anilines is 2. The van der Waals surface area contributed by atoms with Crippen LogP contribution in [0.1, 0.15) is 5.56 Å². The first-order valence-electron chi connectivity index (χ1n) is 11.3. The Balaban J connectivity index is 1.56. The number of hydrogen-bond acceptors (Lipinski definition) is 10. The van der Waals surface area contributed by atoms with E-state index >= 15 is 0 Å². The number of likely N-dealkylation sites (N-methyl/N-ethyl adjacent to an activating group) is 1. The Morgan fingerprint density at radius 1 is 1.09 bits per heavy atom. The van der Waals surface area contributed by atoms with Gasteiger partial charge in [0.1, 0.15) is 0 Å². The third-order valence-electron chi connectivity index (χ3n) is 6.08. The fourth-order valence-corrected chi connectivity index (χ4v) is 5.80. The highest BCUT2D eigenvalue weighted by molar-refractivity contribution is 7.92. The van der Waals surface area contributed by atoms with Crippen LogP contribution in [0.15, 0.2) is 23.8 Å². The minimum Gasteiger partial charge on any atom is -0.378 e. The number of thiophene rings is 1. The van der Waals surface area contributed by atoms with Crippen molar-refractivity contribution in [2.75, 3.05) is 75.4 Å². The number of hydrogen-bond donors (Lipinski definition) is 1. The van der Waals surface area contributed by atoms with Crippen molar-refractivity contribution in [2.24, 2.45) is 0 Å². The third kappa shape index (κ3) is 5.31. The predicted molar refractivity (Wildman–Crippen MR) is 135 cm³/mol. The van der Waals surface area contributed by atoms with E-state index in [1.54, 1.807) is 23.6 Å². The molecule has 3 aromatic heterocycles. The number of sulfonamides is 1. The number of piperazine rings is 1. The van der Waals surface area contributed by atoms with E-state index < -0.39 is 10.0 Å². The van der Waals surface area contributed by atoms with Crippen LogP contribution in [0, 0.1) is 0 Å². The fourth-order valence-electron chi connectivity index (χ4n) is 4.25. The van der Waals surface area contributed by atoms with E-state index in [2.05, 4.69) is 36.8 Å². The molecule has 182 valence electrons. The molecule has 2 aliphatic heterocycles. The van der Waals surface area contributed by atoms with E-state index in [1.165, 1.54) is 11.8 Å². The molecule has 5 rings (SSSR count). The molecule has 0 unspecified atom stereocenters. The molecule has 5 heterocycles. The molecular formula is C22H29N7O3S2. The number of aromatic nitrogens is 3. The van der Waals surface area contributed by atoms with E-state index in [0.717, 1.165) is 73.5 Å². The molecular weight excluding hydrogens is 474 g/mol. The minimum absolute atomic E-state index is 0.411. The predicted octanol–water partition coefficient (Wildman–Crippen LogP) is 1.71. The molecule has 1 N–H and O–H groups in total. The Labute approximate surface area is 203 Å². The van der Waals surface area contributed by atoms with Crippen molar-refractivity contribution in [1.29, 1.82) is 0 Å². The lowest BCUT2D eigenvalue weighted by atomic mass is 10.1. The third-order valence-corrected chi connectivity index (χ3v) is 7.71. The zero-order chi connectivity index (χ0) is 23.7. The highest BCUT2D eigenvalue weighted by Crippen LogP contribution is 2.36. The summed E-state index contributed by atoms with van der Waals surface area (Å²) in [5.41, 5.74) is 4.08. The largest absolute Gasteiger partial charge is 0.378 e. The molecule has 2 fully saturated rings. The molecule has 0 bridgehead atoms. The van der Waals surface area contributed by atoms with Crippen LogP contribution in [0.5, 0.6) is 0 Å². The summed E-state index contributed by atoms with van der Waals surface area (Å²) in [5, 5.41) is 2.18. The van der Waals surface area contributed by atoms with Gasteiger partial charge in [0.15, 0.2) is 0 Å². The van der Waals surface area contributed by atoms with E-state index in [1.807, 2.05) is 0 Å². The van der Waals surface area contributed by atoms with Gasteiger partial charge in [0.25, 0.3) is 0 Å². The number of rotatable bonds is 6. The highest BCUT2D eigenvalue weighted by Gasteiger charge is 2.22. The number of morpholine rings is 1. The number of nitrogens with zero attached hydrogens (tertiary/aromatic N) is 6. The van der Waals surface area contributed by atoms with Crippen LogP contribution in [0.25, 0.3) is 21.5 Å². The van der Waals surface area contributed by atoms with E-state index in [9.17, 15) is 8.42 Å². The number of nitrogens with one attached hydrogen (secondary N) is 1. The van der Waals surface area contributed by atoms with Crippen molar-refractivity contribution < 1.29 is 13.2 Å². The molecule has 0 aliphatic carbocycles. The number of pyridine rings is 1. The van der Waals surface area contributed by atoms with Gasteiger partial charge in [-0.15, -0.1) is 11.3 Å². The molecule has 0 atom stereocenters. The molecule has 12 heteroatoms. The maximum atomic E-state index is 11.7. The molecule has 3 aromatic rings. The molecule has 0 saturated carbocycles. The lowest BCUT2D eigenvalue weighted by Gasteiger charge is -2.32. The molecule has 2 saturated heterocycles. The Morgan fingerprint density at radius 2 is 1.85 bits per heavy atom. The molecule has 34 heavy (non-hydrogen) atoms. The van der Waals surface area contributed by atoms with Gasteiger partial charge in [-0.05, 0) is 18.5 Å². The van der Waals surface area contributed by atoms with Crippen LogP contribution in [-0.2, 0) is 21.3 Å². The summed E-state index contributed by atoms with van der Waals surface area (Å²) in [6.07, 6.45) is 4.35. The maximum absolute atomic E-state index is 11.7. The van der Waals surface area contributed by atoms with Gasteiger partial charge in [-0.25, -0.2) is 18.4 Å². The Morgan fingerprint density at radius 3 is 2.59 bits per heavy atom.